The number of fused-ring (bicyclic) bond motifs is 12. The topological polar surface area (TPSA) is 40.0 Å². The average Bonchev–Trinajstić information content (AvgIpc) is 3.98. The van der Waals surface area contributed by atoms with Crippen molar-refractivity contribution in [2.24, 2.45) is 0 Å². The maximum atomic E-state index is 5.69. The molecule has 0 amide bonds. The van der Waals surface area contributed by atoms with Crippen LogP contribution in [0.3, 0.4) is 0 Å². The van der Waals surface area contributed by atoms with Crippen LogP contribution in [0.25, 0.3) is 137 Å². The first-order valence-electron chi connectivity index (χ1n) is 22.3. The van der Waals surface area contributed by atoms with Crippen LogP contribution in [0.1, 0.15) is 0 Å². The number of aromatic nitrogens is 5. The quantitative estimate of drug-likeness (QED) is 0.166. The summed E-state index contributed by atoms with van der Waals surface area (Å²) >= 11 is 0. The predicted octanol–water partition coefficient (Wildman–Crippen LogP) is 15.5. The third-order valence-electron chi connectivity index (χ3n) is 14.0. The molecule has 0 aliphatic rings. The largest absolute Gasteiger partial charge is 0.309 e. The van der Waals surface area contributed by atoms with Crippen molar-refractivity contribution < 1.29 is 0 Å². The Hall–Kier alpha value is -8.80. The molecule has 5 heteroatoms. The van der Waals surface area contributed by atoms with Crippen LogP contribution in [0, 0.1) is 0 Å². The van der Waals surface area contributed by atoms with Gasteiger partial charge in [-0.25, -0.2) is 9.97 Å². The molecule has 300 valence electrons. The van der Waals surface area contributed by atoms with Gasteiger partial charge < -0.3 is 8.97 Å². The molecule has 10 aromatic carbocycles. The van der Waals surface area contributed by atoms with Crippen LogP contribution in [0.5, 0.6) is 0 Å². The van der Waals surface area contributed by atoms with Gasteiger partial charge in [-0.1, -0.05) is 170 Å². The standard InChI is InChI=1S/C60H35N5/c1-3-15-36(16-4-1)37-29-31-39(32-30-37)56-47-34-33-38-17-7-8-20-41(38)57(47)62-60(61-56)64-50-28-14-23-43-45-25-13-24-44-42-21-9-11-26-48(42)65(58(44)45)59-54-46-22-10-12-27-49(46)63(40-18-5-2-6-19-40)51(54)35-52(64)55(59)53(43)50/h1-35H. The number of nitrogens with zero attached hydrogens (tertiary/aromatic N) is 5. The summed E-state index contributed by atoms with van der Waals surface area (Å²) in [6.07, 6.45) is 0. The van der Waals surface area contributed by atoms with E-state index in [-0.39, 0.29) is 0 Å². The monoisotopic (exact) mass is 825 g/mol. The lowest BCUT2D eigenvalue weighted by Crippen LogP contribution is -2.04. The van der Waals surface area contributed by atoms with Gasteiger partial charge in [0, 0.05) is 59.7 Å². The Bertz CT molecular complexity index is 4440. The molecule has 15 aromatic rings. The molecule has 0 aliphatic heterocycles. The number of rotatable bonds is 4. The second kappa shape index (κ2) is 12.9. The van der Waals surface area contributed by atoms with Gasteiger partial charge in [-0.15, -0.1) is 0 Å². The van der Waals surface area contributed by atoms with E-state index in [1.165, 1.54) is 70.8 Å². The molecular weight excluding hydrogens is 791 g/mol. The number of hydrogen-bond donors (Lipinski definition) is 0. The second-order valence-electron chi connectivity index (χ2n) is 17.3. The highest BCUT2D eigenvalue weighted by atomic mass is 15.2. The fourth-order valence-electron chi connectivity index (χ4n) is 11.2. The summed E-state index contributed by atoms with van der Waals surface area (Å²) in [6.45, 7) is 0. The molecule has 5 heterocycles. The van der Waals surface area contributed by atoms with Crippen LogP contribution in [0.4, 0.5) is 0 Å². The minimum Gasteiger partial charge on any atom is -0.309 e. The smallest absolute Gasteiger partial charge is 0.235 e. The Balaban J connectivity index is 1.17. The summed E-state index contributed by atoms with van der Waals surface area (Å²) in [5.74, 6) is 0.636. The highest BCUT2D eigenvalue weighted by Gasteiger charge is 2.28. The summed E-state index contributed by atoms with van der Waals surface area (Å²) in [6, 6.07) is 77.0. The molecule has 0 atom stereocenters. The van der Waals surface area contributed by atoms with E-state index in [4.69, 9.17) is 9.97 Å². The second-order valence-corrected chi connectivity index (χ2v) is 17.3. The zero-order valence-corrected chi connectivity index (χ0v) is 34.9. The van der Waals surface area contributed by atoms with Crippen LogP contribution in [-0.2, 0) is 0 Å². The van der Waals surface area contributed by atoms with Crippen molar-refractivity contribution in [1.82, 2.24) is 23.5 Å². The molecule has 0 saturated heterocycles. The van der Waals surface area contributed by atoms with Crippen molar-refractivity contribution in [2.75, 3.05) is 0 Å². The summed E-state index contributed by atoms with van der Waals surface area (Å²) in [4.78, 5) is 11.4. The summed E-state index contributed by atoms with van der Waals surface area (Å²) < 4.78 is 7.37. The van der Waals surface area contributed by atoms with Crippen molar-refractivity contribution in [3.63, 3.8) is 0 Å². The Morgan fingerprint density at radius 2 is 0.908 bits per heavy atom. The predicted molar refractivity (Wildman–Crippen MR) is 271 cm³/mol. The zero-order valence-electron chi connectivity index (χ0n) is 34.9. The molecule has 0 radical (unpaired) electrons. The number of benzene rings is 10. The third-order valence-corrected chi connectivity index (χ3v) is 14.0. The molecule has 0 unspecified atom stereocenters. The average molecular weight is 826 g/mol. The van der Waals surface area contributed by atoms with Gasteiger partial charge in [-0.2, -0.15) is 0 Å². The third kappa shape index (κ3) is 4.65. The molecule has 0 bridgehead atoms. The molecule has 5 aromatic heterocycles. The van der Waals surface area contributed by atoms with Gasteiger partial charge in [0.05, 0.1) is 49.8 Å². The van der Waals surface area contributed by atoms with Crippen molar-refractivity contribution in [3.8, 4) is 34.0 Å². The van der Waals surface area contributed by atoms with E-state index >= 15 is 0 Å². The number of hydrogen-bond acceptors (Lipinski definition) is 2. The Morgan fingerprint density at radius 1 is 0.308 bits per heavy atom. The van der Waals surface area contributed by atoms with E-state index < -0.39 is 0 Å². The Morgan fingerprint density at radius 3 is 1.74 bits per heavy atom. The van der Waals surface area contributed by atoms with Crippen LogP contribution < -0.4 is 0 Å². The summed E-state index contributed by atoms with van der Waals surface area (Å²) in [5, 5.41) is 13.0. The molecule has 0 N–H and O–H groups in total. The van der Waals surface area contributed by atoms with E-state index in [2.05, 4.69) is 226 Å². The fourth-order valence-corrected chi connectivity index (χ4v) is 11.2. The minimum absolute atomic E-state index is 0.636. The van der Waals surface area contributed by atoms with E-state index in [9.17, 15) is 0 Å². The lowest BCUT2D eigenvalue weighted by Gasteiger charge is -2.14. The molecule has 0 aliphatic carbocycles. The van der Waals surface area contributed by atoms with Crippen LogP contribution in [0.2, 0.25) is 0 Å². The van der Waals surface area contributed by atoms with E-state index in [0.29, 0.717) is 5.95 Å². The fraction of sp³-hybridized carbons (Fsp3) is 0. The normalized spacial score (nSPS) is 12.3. The molecule has 0 fully saturated rings. The van der Waals surface area contributed by atoms with Gasteiger partial charge in [0.2, 0.25) is 5.95 Å². The van der Waals surface area contributed by atoms with Gasteiger partial charge in [0.25, 0.3) is 0 Å². The van der Waals surface area contributed by atoms with Crippen LogP contribution >= 0.6 is 0 Å². The lowest BCUT2D eigenvalue weighted by atomic mass is 9.99. The van der Waals surface area contributed by atoms with Crippen molar-refractivity contribution >= 4 is 103 Å². The maximum Gasteiger partial charge on any atom is 0.235 e. The first kappa shape index (κ1) is 34.7. The van der Waals surface area contributed by atoms with E-state index in [1.54, 1.807) is 0 Å². The van der Waals surface area contributed by atoms with Gasteiger partial charge in [0.15, 0.2) is 0 Å². The van der Waals surface area contributed by atoms with E-state index in [1.807, 2.05) is 0 Å². The van der Waals surface area contributed by atoms with Crippen molar-refractivity contribution in [1.29, 1.82) is 0 Å². The molecule has 65 heavy (non-hydrogen) atoms. The van der Waals surface area contributed by atoms with Gasteiger partial charge in [-0.3, -0.25) is 4.57 Å². The molecular formula is C60H35N5. The number of para-hydroxylation sites is 4. The van der Waals surface area contributed by atoms with Crippen LogP contribution in [-0.4, -0.2) is 23.5 Å². The Labute approximate surface area is 371 Å². The highest BCUT2D eigenvalue weighted by Crippen LogP contribution is 2.49. The maximum absolute atomic E-state index is 5.69. The first-order chi connectivity index (χ1) is 32.3. The summed E-state index contributed by atoms with van der Waals surface area (Å²) in [7, 11) is 0. The van der Waals surface area contributed by atoms with Gasteiger partial charge in [0.1, 0.15) is 0 Å². The van der Waals surface area contributed by atoms with Crippen molar-refractivity contribution in [3.05, 3.63) is 212 Å². The zero-order chi connectivity index (χ0) is 42.3. The van der Waals surface area contributed by atoms with Gasteiger partial charge in [-0.05, 0) is 64.4 Å². The van der Waals surface area contributed by atoms with Crippen LogP contribution in [0.15, 0.2) is 212 Å². The van der Waals surface area contributed by atoms with E-state index in [0.717, 1.165) is 60.7 Å². The Kier molecular flexibility index (Phi) is 6.89. The summed E-state index contributed by atoms with van der Waals surface area (Å²) in [5.41, 5.74) is 14.3. The molecule has 0 spiro atoms. The lowest BCUT2D eigenvalue weighted by molar-refractivity contribution is 1.02. The molecule has 5 nitrogen and oxygen atoms in total. The van der Waals surface area contributed by atoms with Gasteiger partial charge >= 0.3 is 0 Å². The molecule has 15 rings (SSSR count). The highest BCUT2D eigenvalue weighted by molar-refractivity contribution is 6.37. The molecule has 0 saturated carbocycles. The first-order valence-corrected chi connectivity index (χ1v) is 22.3. The SMILES string of the molecule is c1ccc(-c2ccc(-c3nc(-n4c5cccc6c7cccc8c9ccccc9n(c78)c7c8c9ccccc9n(-c9ccccc9)c8cc4c7c65)nc4c3ccc3ccccc34)cc2)cc1. The van der Waals surface area contributed by atoms with Crippen molar-refractivity contribution in [2.45, 2.75) is 0 Å². The minimum atomic E-state index is 0.636.